The van der Waals surface area contributed by atoms with Crippen molar-refractivity contribution in [1.82, 2.24) is 4.90 Å². The first kappa shape index (κ1) is 10.6. The number of hydrogen-bond acceptors (Lipinski definition) is 3. The summed E-state index contributed by atoms with van der Waals surface area (Å²) in [6.07, 6.45) is 0. The number of anilines is 2. The summed E-state index contributed by atoms with van der Waals surface area (Å²) in [7, 11) is 2.14. The molecule has 0 aliphatic carbocycles. The Bertz CT molecular complexity index is 346. The van der Waals surface area contributed by atoms with Crippen LogP contribution in [-0.2, 0) is 0 Å². The lowest BCUT2D eigenvalue weighted by molar-refractivity contribution is 0.313. The summed E-state index contributed by atoms with van der Waals surface area (Å²) in [5.41, 5.74) is 7.82. The van der Waals surface area contributed by atoms with Gasteiger partial charge in [-0.2, -0.15) is 0 Å². The maximum Gasteiger partial charge on any atom is 0.0615 e. The Labute approximate surface area is 95.4 Å². The third-order valence-corrected chi connectivity index (χ3v) is 3.07. The largest absolute Gasteiger partial charge is 0.397 e. The van der Waals surface area contributed by atoms with Crippen molar-refractivity contribution in [2.24, 2.45) is 0 Å². The first-order valence-corrected chi connectivity index (χ1v) is 5.53. The Hall–Kier alpha value is -0.930. The van der Waals surface area contributed by atoms with Crippen LogP contribution in [0.3, 0.4) is 0 Å². The SMILES string of the molecule is CN1CCN(c2cc(Cl)ccc2N)CC1. The summed E-state index contributed by atoms with van der Waals surface area (Å²) < 4.78 is 0. The average Bonchev–Trinajstić information content (AvgIpc) is 2.23. The van der Waals surface area contributed by atoms with Crippen LogP contribution in [-0.4, -0.2) is 38.1 Å². The first-order chi connectivity index (χ1) is 7.16. The molecule has 1 aliphatic rings. The Balaban J connectivity index is 2.18. The van der Waals surface area contributed by atoms with E-state index in [4.69, 9.17) is 17.3 Å². The molecule has 82 valence electrons. The molecule has 0 saturated carbocycles. The second kappa shape index (κ2) is 4.29. The van der Waals surface area contributed by atoms with Crippen molar-refractivity contribution in [2.75, 3.05) is 43.9 Å². The molecule has 0 amide bonds. The molecule has 15 heavy (non-hydrogen) atoms. The maximum absolute atomic E-state index is 5.97. The lowest BCUT2D eigenvalue weighted by Gasteiger charge is -2.34. The average molecular weight is 226 g/mol. The molecule has 0 spiro atoms. The highest BCUT2D eigenvalue weighted by Gasteiger charge is 2.16. The number of piperazine rings is 1. The van der Waals surface area contributed by atoms with Gasteiger partial charge in [0.1, 0.15) is 0 Å². The van der Waals surface area contributed by atoms with Gasteiger partial charge in [0.05, 0.1) is 11.4 Å². The molecular formula is C11H16ClN3. The fourth-order valence-electron chi connectivity index (χ4n) is 1.84. The normalized spacial score (nSPS) is 18.1. The molecule has 0 unspecified atom stereocenters. The van der Waals surface area contributed by atoms with Gasteiger partial charge in [-0.25, -0.2) is 0 Å². The molecular weight excluding hydrogens is 210 g/mol. The minimum Gasteiger partial charge on any atom is -0.397 e. The van der Waals surface area contributed by atoms with Crippen LogP contribution in [0.4, 0.5) is 11.4 Å². The molecule has 0 aromatic heterocycles. The van der Waals surface area contributed by atoms with Gasteiger partial charge in [0.2, 0.25) is 0 Å². The number of rotatable bonds is 1. The van der Waals surface area contributed by atoms with E-state index in [9.17, 15) is 0 Å². The van der Waals surface area contributed by atoms with Crippen LogP contribution in [0.15, 0.2) is 18.2 Å². The standard InChI is InChI=1S/C11H16ClN3/c1-14-4-6-15(7-5-14)11-8-9(12)2-3-10(11)13/h2-3,8H,4-7,13H2,1H3. The van der Waals surface area contributed by atoms with Gasteiger partial charge in [-0.15, -0.1) is 0 Å². The van der Waals surface area contributed by atoms with Gasteiger partial charge in [0, 0.05) is 31.2 Å². The summed E-state index contributed by atoms with van der Waals surface area (Å²) in [5.74, 6) is 0. The highest BCUT2D eigenvalue weighted by molar-refractivity contribution is 6.31. The highest BCUT2D eigenvalue weighted by Crippen LogP contribution is 2.27. The summed E-state index contributed by atoms with van der Waals surface area (Å²) in [5, 5.41) is 0.748. The van der Waals surface area contributed by atoms with Crippen molar-refractivity contribution in [1.29, 1.82) is 0 Å². The van der Waals surface area contributed by atoms with Gasteiger partial charge >= 0.3 is 0 Å². The predicted octanol–water partition coefficient (Wildman–Crippen LogP) is 1.67. The van der Waals surface area contributed by atoms with E-state index in [1.807, 2.05) is 18.2 Å². The molecule has 4 heteroatoms. The van der Waals surface area contributed by atoms with E-state index in [1.165, 1.54) is 0 Å². The van der Waals surface area contributed by atoms with E-state index < -0.39 is 0 Å². The van der Waals surface area contributed by atoms with Crippen LogP contribution in [0, 0.1) is 0 Å². The molecule has 1 saturated heterocycles. The molecule has 1 aromatic rings. The zero-order valence-corrected chi connectivity index (χ0v) is 9.67. The van der Waals surface area contributed by atoms with E-state index in [-0.39, 0.29) is 0 Å². The second-order valence-corrected chi connectivity index (χ2v) is 4.43. The maximum atomic E-state index is 5.97. The monoisotopic (exact) mass is 225 g/mol. The molecule has 0 bridgehead atoms. The molecule has 2 rings (SSSR count). The Morgan fingerprint density at radius 1 is 1.20 bits per heavy atom. The molecule has 1 fully saturated rings. The minimum absolute atomic E-state index is 0.748. The number of nitrogens with two attached hydrogens (primary N) is 1. The highest BCUT2D eigenvalue weighted by atomic mass is 35.5. The van der Waals surface area contributed by atoms with Gasteiger partial charge in [-0.1, -0.05) is 11.6 Å². The fourth-order valence-corrected chi connectivity index (χ4v) is 2.00. The summed E-state index contributed by atoms with van der Waals surface area (Å²) in [6, 6.07) is 5.65. The van der Waals surface area contributed by atoms with Crippen LogP contribution in [0.1, 0.15) is 0 Å². The third-order valence-electron chi connectivity index (χ3n) is 2.84. The molecule has 1 aliphatic heterocycles. The smallest absolute Gasteiger partial charge is 0.0615 e. The topological polar surface area (TPSA) is 32.5 Å². The Morgan fingerprint density at radius 3 is 2.53 bits per heavy atom. The number of likely N-dealkylation sites (N-methyl/N-ethyl adjacent to an activating group) is 1. The zero-order valence-electron chi connectivity index (χ0n) is 8.91. The van der Waals surface area contributed by atoms with E-state index in [2.05, 4.69) is 16.8 Å². The molecule has 0 radical (unpaired) electrons. The van der Waals surface area contributed by atoms with Crippen molar-refractivity contribution in [3.05, 3.63) is 23.2 Å². The number of nitrogen functional groups attached to an aromatic ring is 1. The van der Waals surface area contributed by atoms with E-state index >= 15 is 0 Å². The summed E-state index contributed by atoms with van der Waals surface area (Å²) >= 11 is 5.97. The van der Waals surface area contributed by atoms with Gasteiger partial charge in [0.15, 0.2) is 0 Å². The molecule has 3 nitrogen and oxygen atoms in total. The van der Waals surface area contributed by atoms with E-state index in [0.717, 1.165) is 42.6 Å². The Morgan fingerprint density at radius 2 is 1.87 bits per heavy atom. The van der Waals surface area contributed by atoms with Crippen molar-refractivity contribution < 1.29 is 0 Å². The van der Waals surface area contributed by atoms with Crippen molar-refractivity contribution >= 4 is 23.0 Å². The molecule has 1 aromatic carbocycles. The fraction of sp³-hybridized carbons (Fsp3) is 0.455. The van der Waals surface area contributed by atoms with Crippen LogP contribution in [0.5, 0.6) is 0 Å². The summed E-state index contributed by atoms with van der Waals surface area (Å²) in [4.78, 5) is 4.61. The second-order valence-electron chi connectivity index (χ2n) is 3.99. The van der Waals surface area contributed by atoms with Crippen LogP contribution in [0.25, 0.3) is 0 Å². The van der Waals surface area contributed by atoms with Crippen LogP contribution < -0.4 is 10.6 Å². The first-order valence-electron chi connectivity index (χ1n) is 5.15. The lowest BCUT2D eigenvalue weighted by Crippen LogP contribution is -2.44. The van der Waals surface area contributed by atoms with E-state index in [1.54, 1.807) is 0 Å². The van der Waals surface area contributed by atoms with E-state index in [0.29, 0.717) is 0 Å². The number of nitrogens with zero attached hydrogens (tertiary/aromatic N) is 2. The molecule has 2 N–H and O–H groups in total. The minimum atomic E-state index is 0.748. The lowest BCUT2D eigenvalue weighted by atomic mass is 10.2. The van der Waals surface area contributed by atoms with Gasteiger partial charge in [-0.3, -0.25) is 0 Å². The van der Waals surface area contributed by atoms with Crippen molar-refractivity contribution in [2.45, 2.75) is 0 Å². The Kier molecular flexibility index (Phi) is 3.03. The zero-order chi connectivity index (χ0) is 10.8. The molecule has 1 heterocycles. The number of benzene rings is 1. The van der Waals surface area contributed by atoms with Crippen molar-refractivity contribution in [3.8, 4) is 0 Å². The predicted molar refractivity (Wildman–Crippen MR) is 65.6 cm³/mol. The van der Waals surface area contributed by atoms with Crippen molar-refractivity contribution in [3.63, 3.8) is 0 Å². The van der Waals surface area contributed by atoms with Crippen LogP contribution >= 0.6 is 11.6 Å². The quantitative estimate of drug-likeness (QED) is 0.739. The van der Waals surface area contributed by atoms with Crippen LogP contribution in [0.2, 0.25) is 5.02 Å². The van der Waals surface area contributed by atoms with Gasteiger partial charge < -0.3 is 15.5 Å². The van der Waals surface area contributed by atoms with Gasteiger partial charge in [-0.05, 0) is 25.2 Å². The number of hydrogen-bond donors (Lipinski definition) is 1. The van der Waals surface area contributed by atoms with Gasteiger partial charge in [0.25, 0.3) is 0 Å². The number of halogens is 1. The third kappa shape index (κ3) is 2.36. The summed E-state index contributed by atoms with van der Waals surface area (Å²) in [6.45, 7) is 4.18. The molecule has 0 atom stereocenters.